The van der Waals surface area contributed by atoms with E-state index in [1.807, 2.05) is 47.3 Å². The molecule has 0 amide bonds. The average Bonchev–Trinajstić information content (AvgIpc) is 2.98. The molecule has 0 bridgehead atoms. The smallest absolute Gasteiger partial charge is 0.225 e. The van der Waals surface area contributed by atoms with Crippen molar-refractivity contribution in [3.63, 3.8) is 0 Å². The molecule has 112 valence electrons. The van der Waals surface area contributed by atoms with E-state index in [9.17, 15) is 0 Å². The summed E-state index contributed by atoms with van der Waals surface area (Å²) in [5.41, 5.74) is 3.17. The van der Waals surface area contributed by atoms with Gasteiger partial charge in [-0.05, 0) is 35.4 Å². The highest BCUT2D eigenvalue weighted by atomic mass is 35.5. The lowest BCUT2D eigenvalue weighted by atomic mass is 10.1. The van der Waals surface area contributed by atoms with Gasteiger partial charge in [0.05, 0.1) is 18.3 Å². The molecule has 4 aromatic rings. The molecular formula is C17H12ClN5. The van der Waals surface area contributed by atoms with E-state index in [-0.39, 0.29) is 5.28 Å². The molecule has 0 unspecified atom stereocenters. The Morgan fingerprint density at radius 1 is 1.00 bits per heavy atom. The fourth-order valence-corrected chi connectivity index (χ4v) is 2.65. The Hall–Kier alpha value is -2.79. The standard InChI is InChI=1S/C17H12ClN5/c18-17-20-11-19-16(22-17)13-6-7-15-14(8-13)9-21-23(15)10-12-4-2-1-3-5-12/h1-9,11H,10H2. The lowest BCUT2D eigenvalue weighted by Crippen LogP contribution is -2.00. The Labute approximate surface area is 137 Å². The van der Waals surface area contributed by atoms with Crippen molar-refractivity contribution in [2.75, 3.05) is 0 Å². The number of benzene rings is 2. The maximum Gasteiger partial charge on any atom is 0.225 e. The molecule has 0 radical (unpaired) electrons. The van der Waals surface area contributed by atoms with Gasteiger partial charge in [0, 0.05) is 10.9 Å². The topological polar surface area (TPSA) is 56.5 Å². The summed E-state index contributed by atoms with van der Waals surface area (Å²) in [7, 11) is 0. The molecule has 0 aliphatic rings. The van der Waals surface area contributed by atoms with E-state index in [1.165, 1.54) is 11.9 Å². The van der Waals surface area contributed by atoms with E-state index in [2.05, 4.69) is 32.2 Å². The number of hydrogen-bond donors (Lipinski definition) is 0. The summed E-state index contributed by atoms with van der Waals surface area (Å²) in [5.74, 6) is 0.558. The molecule has 5 nitrogen and oxygen atoms in total. The van der Waals surface area contributed by atoms with Gasteiger partial charge in [0.1, 0.15) is 6.33 Å². The molecule has 2 aromatic carbocycles. The van der Waals surface area contributed by atoms with Crippen LogP contribution in [0, 0.1) is 0 Å². The minimum absolute atomic E-state index is 0.190. The highest BCUT2D eigenvalue weighted by molar-refractivity contribution is 6.28. The van der Waals surface area contributed by atoms with E-state index in [0.29, 0.717) is 5.82 Å². The maximum atomic E-state index is 5.83. The van der Waals surface area contributed by atoms with Gasteiger partial charge in [-0.25, -0.2) is 9.97 Å². The minimum Gasteiger partial charge on any atom is -0.260 e. The summed E-state index contributed by atoms with van der Waals surface area (Å²) in [5, 5.41) is 5.71. The molecule has 2 aromatic heterocycles. The predicted molar refractivity (Wildman–Crippen MR) is 89.1 cm³/mol. The third kappa shape index (κ3) is 2.78. The molecular weight excluding hydrogens is 310 g/mol. The molecule has 0 spiro atoms. The molecule has 0 saturated carbocycles. The minimum atomic E-state index is 0.190. The van der Waals surface area contributed by atoms with E-state index >= 15 is 0 Å². The van der Waals surface area contributed by atoms with Gasteiger partial charge in [-0.15, -0.1) is 0 Å². The summed E-state index contributed by atoms with van der Waals surface area (Å²) >= 11 is 5.83. The second kappa shape index (κ2) is 5.78. The van der Waals surface area contributed by atoms with Gasteiger partial charge < -0.3 is 0 Å². The van der Waals surface area contributed by atoms with Crippen LogP contribution in [0.2, 0.25) is 5.28 Å². The summed E-state index contributed by atoms with van der Waals surface area (Å²) in [6, 6.07) is 16.3. The molecule has 6 heteroatoms. The monoisotopic (exact) mass is 321 g/mol. The Kier molecular flexibility index (Phi) is 3.48. The Balaban J connectivity index is 1.72. The molecule has 0 aliphatic heterocycles. The lowest BCUT2D eigenvalue weighted by Gasteiger charge is -2.05. The van der Waals surface area contributed by atoms with Crippen molar-refractivity contribution >= 4 is 22.5 Å². The average molecular weight is 322 g/mol. The van der Waals surface area contributed by atoms with Crippen molar-refractivity contribution < 1.29 is 0 Å². The molecule has 0 fully saturated rings. The van der Waals surface area contributed by atoms with Crippen molar-refractivity contribution in [2.45, 2.75) is 6.54 Å². The van der Waals surface area contributed by atoms with Crippen LogP contribution < -0.4 is 0 Å². The van der Waals surface area contributed by atoms with Crippen LogP contribution in [0.1, 0.15) is 5.56 Å². The first-order chi connectivity index (χ1) is 11.3. The molecule has 0 N–H and O–H groups in total. The van der Waals surface area contributed by atoms with E-state index < -0.39 is 0 Å². The molecule has 2 heterocycles. The first-order valence-corrected chi connectivity index (χ1v) is 7.52. The predicted octanol–water partition coefficient (Wildman–Crippen LogP) is 3.59. The highest BCUT2D eigenvalue weighted by Crippen LogP contribution is 2.22. The Morgan fingerprint density at radius 3 is 2.70 bits per heavy atom. The number of hydrogen-bond acceptors (Lipinski definition) is 4. The second-order valence-electron chi connectivity index (χ2n) is 5.14. The van der Waals surface area contributed by atoms with E-state index in [1.54, 1.807) is 0 Å². The van der Waals surface area contributed by atoms with Gasteiger partial charge >= 0.3 is 0 Å². The van der Waals surface area contributed by atoms with Crippen LogP contribution in [0.4, 0.5) is 0 Å². The second-order valence-corrected chi connectivity index (χ2v) is 5.48. The van der Waals surface area contributed by atoms with Crippen molar-refractivity contribution in [1.82, 2.24) is 24.7 Å². The van der Waals surface area contributed by atoms with E-state index in [0.717, 1.165) is 23.0 Å². The van der Waals surface area contributed by atoms with Crippen LogP contribution in [-0.2, 0) is 6.54 Å². The normalized spacial score (nSPS) is 11.0. The molecule has 0 atom stereocenters. The van der Waals surface area contributed by atoms with Crippen molar-refractivity contribution in [3.05, 3.63) is 71.9 Å². The number of rotatable bonds is 3. The van der Waals surface area contributed by atoms with Crippen LogP contribution >= 0.6 is 11.6 Å². The number of nitrogens with zero attached hydrogens (tertiary/aromatic N) is 5. The fourth-order valence-electron chi connectivity index (χ4n) is 2.52. The first-order valence-electron chi connectivity index (χ1n) is 7.14. The van der Waals surface area contributed by atoms with Crippen LogP contribution in [0.5, 0.6) is 0 Å². The summed E-state index contributed by atoms with van der Waals surface area (Å²) in [4.78, 5) is 12.1. The summed E-state index contributed by atoms with van der Waals surface area (Å²) in [6.07, 6.45) is 3.26. The van der Waals surface area contributed by atoms with Crippen LogP contribution in [-0.4, -0.2) is 24.7 Å². The zero-order valence-electron chi connectivity index (χ0n) is 12.1. The Morgan fingerprint density at radius 2 is 1.87 bits per heavy atom. The van der Waals surface area contributed by atoms with Gasteiger partial charge in [-0.2, -0.15) is 10.1 Å². The number of fused-ring (bicyclic) bond motifs is 1. The van der Waals surface area contributed by atoms with Gasteiger partial charge in [0.2, 0.25) is 5.28 Å². The van der Waals surface area contributed by atoms with Crippen molar-refractivity contribution in [1.29, 1.82) is 0 Å². The maximum absolute atomic E-state index is 5.83. The van der Waals surface area contributed by atoms with E-state index in [4.69, 9.17) is 11.6 Å². The number of halogens is 1. The van der Waals surface area contributed by atoms with Crippen LogP contribution in [0.15, 0.2) is 61.1 Å². The van der Waals surface area contributed by atoms with Crippen LogP contribution in [0.3, 0.4) is 0 Å². The third-order valence-electron chi connectivity index (χ3n) is 3.62. The van der Waals surface area contributed by atoms with Gasteiger partial charge in [-0.3, -0.25) is 4.68 Å². The van der Waals surface area contributed by atoms with Crippen LogP contribution in [0.25, 0.3) is 22.3 Å². The van der Waals surface area contributed by atoms with Crippen molar-refractivity contribution in [3.8, 4) is 11.4 Å². The quantitative estimate of drug-likeness (QED) is 0.578. The van der Waals surface area contributed by atoms with Gasteiger partial charge in [0.25, 0.3) is 0 Å². The van der Waals surface area contributed by atoms with Gasteiger partial charge in [-0.1, -0.05) is 30.3 Å². The molecule has 23 heavy (non-hydrogen) atoms. The summed E-state index contributed by atoms with van der Waals surface area (Å²) < 4.78 is 1.98. The SMILES string of the molecule is Clc1ncnc(-c2ccc3c(cnn3Cc3ccccc3)c2)n1. The molecule has 0 aliphatic carbocycles. The Bertz CT molecular complexity index is 965. The summed E-state index contributed by atoms with van der Waals surface area (Å²) in [6.45, 7) is 0.737. The van der Waals surface area contributed by atoms with Crippen molar-refractivity contribution in [2.24, 2.45) is 0 Å². The van der Waals surface area contributed by atoms with Gasteiger partial charge in [0.15, 0.2) is 5.82 Å². The third-order valence-corrected chi connectivity index (χ3v) is 3.80. The number of aromatic nitrogens is 5. The zero-order chi connectivity index (χ0) is 15.6. The largest absolute Gasteiger partial charge is 0.260 e. The first kappa shape index (κ1) is 13.8. The lowest BCUT2D eigenvalue weighted by molar-refractivity contribution is 0.712. The highest BCUT2D eigenvalue weighted by Gasteiger charge is 2.08. The zero-order valence-corrected chi connectivity index (χ0v) is 12.9. The fraction of sp³-hybridized carbons (Fsp3) is 0.0588. The molecule has 0 saturated heterocycles. The molecule has 4 rings (SSSR count).